The Morgan fingerprint density at radius 1 is 1.00 bits per heavy atom. The lowest BCUT2D eigenvalue weighted by molar-refractivity contribution is -0.124. The van der Waals surface area contributed by atoms with Gasteiger partial charge in [-0.15, -0.1) is 11.8 Å². The first-order chi connectivity index (χ1) is 14.0. The number of carbonyl (C=O) groups excluding carboxylic acids is 2. The zero-order chi connectivity index (χ0) is 21.2. The Balaban J connectivity index is 1.94. The number of hydrogen-bond donors (Lipinski definition) is 1. The summed E-state index contributed by atoms with van der Waals surface area (Å²) in [7, 11) is 4.56. The molecule has 0 aliphatic carbocycles. The van der Waals surface area contributed by atoms with E-state index in [1.54, 1.807) is 36.0 Å². The van der Waals surface area contributed by atoms with Crippen LogP contribution in [-0.2, 0) is 16.1 Å². The van der Waals surface area contributed by atoms with E-state index in [2.05, 4.69) is 5.32 Å². The fraction of sp³-hybridized carbons (Fsp3) is 0.333. The summed E-state index contributed by atoms with van der Waals surface area (Å²) in [5.41, 5.74) is 1.21. The summed E-state index contributed by atoms with van der Waals surface area (Å²) >= 11 is 1.55. The van der Waals surface area contributed by atoms with E-state index in [9.17, 15) is 9.59 Å². The highest BCUT2D eigenvalue weighted by atomic mass is 32.2. The van der Waals surface area contributed by atoms with Crippen LogP contribution in [0.4, 0.5) is 0 Å². The molecule has 2 rings (SSSR count). The van der Waals surface area contributed by atoms with Gasteiger partial charge in [-0.05, 0) is 35.6 Å². The van der Waals surface area contributed by atoms with Gasteiger partial charge in [-0.25, -0.2) is 4.79 Å². The number of benzene rings is 2. The maximum Gasteiger partial charge on any atom is 0.339 e. The molecule has 2 aromatic rings. The molecule has 0 unspecified atom stereocenters. The summed E-state index contributed by atoms with van der Waals surface area (Å²) < 4.78 is 21.0. The standard InChI is InChI=1S/C21H25NO6S/c1-5-29-18-9-7-6-8-15(18)21(24)28-13-19(23)22-12-14-10-16(25-2)20(27-4)17(11-14)26-3/h6-11H,5,12-13H2,1-4H3,(H,22,23). The number of hydrogen-bond acceptors (Lipinski definition) is 7. The van der Waals surface area contributed by atoms with Gasteiger partial charge in [0.25, 0.3) is 5.91 Å². The zero-order valence-corrected chi connectivity index (χ0v) is 17.8. The van der Waals surface area contributed by atoms with Crippen molar-refractivity contribution in [2.24, 2.45) is 0 Å². The molecule has 29 heavy (non-hydrogen) atoms. The van der Waals surface area contributed by atoms with Crippen LogP contribution in [-0.4, -0.2) is 45.6 Å². The Morgan fingerprint density at radius 2 is 1.66 bits per heavy atom. The highest BCUT2D eigenvalue weighted by Gasteiger charge is 2.16. The van der Waals surface area contributed by atoms with Gasteiger partial charge in [-0.1, -0.05) is 19.1 Å². The second-order valence-corrected chi connectivity index (χ2v) is 7.12. The van der Waals surface area contributed by atoms with Crippen LogP contribution in [0, 0.1) is 0 Å². The van der Waals surface area contributed by atoms with Crippen LogP contribution >= 0.6 is 11.8 Å². The summed E-state index contributed by atoms with van der Waals surface area (Å²) in [5, 5.41) is 2.71. The quantitative estimate of drug-likeness (QED) is 0.467. The highest BCUT2D eigenvalue weighted by Crippen LogP contribution is 2.38. The van der Waals surface area contributed by atoms with Gasteiger partial charge in [0.1, 0.15) is 0 Å². The lowest BCUT2D eigenvalue weighted by Crippen LogP contribution is -2.28. The van der Waals surface area contributed by atoms with E-state index in [1.807, 2.05) is 19.1 Å². The van der Waals surface area contributed by atoms with Gasteiger partial charge >= 0.3 is 5.97 Å². The molecule has 0 radical (unpaired) electrons. The van der Waals surface area contributed by atoms with Crippen molar-refractivity contribution in [1.29, 1.82) is 0 Å². The van der Waals surface area contributed by atoms with Gasteiger partial charge in [0, 0.05) is 11.4 Å². The Bertz CT molecular complexity index is 830. The molecule has 0 atom stereocenters. The van der Waals surface area contributed by atoms with Crippen molar-refractivity contribution in [2.45, 2.75) is 18.4 Å². The van der Waals surface area contributed by atoms with E-state index in [0.717, 1.165) is 16.2 Å². The third-order valence-corrected chi connectivity index (χ3v) is 4.91. The first kappa shape index (κ1) is 22.4. The fourth-order valence-electron chi connectivity index (χ4n) is 2.61. The molecule has 0 spiro atoms. The Kier molecular flexibility index (Phi) is 8.67. The molecule has 8 heteroatoms. The Hall–Kier alpha value is -2.87. The van der Waals surface area contributed by atoms with Crippen LogP contribution in [0.1, 0.15) is 22.8 Å². The van der Waals surface area contributed by atoms with Gasteiger partial charge in [0.2, 0.25) is 5.75 Å². The topological polar surface area (TPSA) is 83.1 Å². The molecule has 0 aliphatic heterocycles. The van der Waals surface area contributed by atoms with Gasteiger partial charge < -0.3 is 24.3 Å². The molecular weight excluding hydrogens is 394 g/mol. The predicted octanol–water partition coefficient (Wildman–Crippen LogP) is 3.30. The fourth-order valence-corrected chi connectivity index (χ4v) is 3.41. The smallest absolute Gasteiger partial charge is 0.339 e. The largest absolute Gasteiger partial charge is 0.493 e. The van der Waals surface area contributed by atoms with E-state index in [1.165, 1.54) is 21.3 Å². The van der Waals surface area contributed by atoms with E-state index >= 15 is 0 Å². The molecule has 0 saturated carbocycles. The molecule has 0 bridgehead atoms. The number of rotatable bonds is 10. The van der Waals surface area contributed by atoms with Gasteiger partial charge in [0.05, 0.1) is 26.9 Å². The first-order valence-electron chi connectivity index (χ1n) is 8.98. The normalized spacial score (nSPS) is 10.2. The van der Waals surface area contributed by atoms with Gasteiger partial charge in [-0.2, -0.15) is 0 Å². The summed E-state index contributed by atoms with van der Waals surface area (Å²) in [6.45, 7) is 1.85. The molecule has 1 amide bonds. The number of nitrogens with one attached hydrogen (secondary N) is 1. The molecule has 0 aromatic heterocycles. The molecular formula is C21H25NO6S. The van der Waals surface area contributed by atoms with Crippen LogP contribution in [0.2, 0.25) is 0 Å². The van der Waals surface area contributed by atoms with E-state index in [0.29, 0.717) is 22.8 Å². The summed E-state index contributed by atoms with van der Waals surface area (Å²) in [6.07, 6.45) is 0. The molecule has 0 fully saturated rings. The van der Waals surface area contributed by atoms with Crippen LogP contribution in [0.3, 0.4) is 0 Å². The van der Waals surface area contributed by atoms with E-state index < -0.39 is 11.9 Å². The van der Waals surface area contributed by atoms with Crippen LogP contribution in [0.15, 0.2) is 41.3 Å². The maximum atomic E-state index is 12.3. The van der Waals surface area contributed by atoms with Crippen LogP contribution < -0.4 is 19.5 Å². The average Bonchev–Trinajstić information content (AvgIpc) is 2.75. The molecule has 2 aromatic carbocycles. The van der Waals surface area contributed by atoms with E-state index in [4.69, 9.17) is 18.9 Å². The molecule has 0 aliphatic rings. The molecule has 0 saturated heterocycles. The number of carbonyl (C=O) groups is 2. The minimum atomic E-state index is -0.524. The number of methoxy groups -OCH3 is 3. The summed E-state index contributed by atoms with van der Waals surface area (Å²) in [5.74, 6) is 1.36. The predicted molar refractivity (Wildman–Crippen MR) is 111 cm³/mol. The van der Waals surface area contributed by atoms with Crippen LogP contribution in [0.5, 0.6) is 17.2 Å². The maximum absolute atomic E-state index is 12.3. The number of amides is 1. The monoisotopic (exact) mass is 419 g/mol. The van der Waals surface area contributed by atoms with Crippen molar-refractivity contribution >= 4 is 23.6 Å². The summed E-state index contributed by atoms with van der Waals surface area (Å²) in [6, 6.07) is 10.7. The first-order valence-corrected chi connectivity index (χ1v) is 9.97. The van der Waals surface area contributed by atoms with Crippen LogP contribution in [0.25, 0.3) is 0 Å². The Labute approximate surface area is 174 Å². The SMILES string of the molecule is CCSc1ccccc1C(=O)OCC(=O)NCc1cc(OC)c(OC)c(OC)c1. The van der Waals surface area contributed by atoms with Crippen molar-refractivity contribution in [1.82, 2.24) is 5.32 Å². The molecule has 1 N–H and O–H groups in total. The van der Waals surface area contributed by atoms with E-state index in [-0.39, 0.29) is 13.2 Å². The molecule has 156 valence electrons. The Morgan fingerprint density at radius 3 is 2.24 bits per heavy atom. The lowest BCUT2D eigenvalue weighted by Gasteiger charge is -2.14. The van der Waals surface area contributed by atoms with Crippen molar-refractivity contribution in [2.75, 3.05) is 33.7 Å². The second kappa shape index (κ2) is 11.2. The van der Waals surface area contributed by atoms with Crippen molar-refractivity contribution < 1.29 is 28.5 Å². The number of thioether (sulfide) groups is 1. The molecule has 0 heterocycles. The van der Waals surface area contributed by atoms with Crippen molar-refractivity contribution in [3.8, 4) is 17.2 Å². The summed E-state index contributed by atoms with van der Waals surface area (Å²) in [4.78, 5) is 25.2. The minimum absolute atomic E-state index is 0.218. The third kappa shape index (κ3) is 6.05. The number of ether oxygens (including phenoxy) is 4. The highest BCUT2D eigenvalue weighted by molar-refractivity contribution is 7.99. The van der Waals surface area contributed by atoms with Crippen molar-refractivity contribution in [3.05, 3.63) is 47.5 Å². The van der Waals surface area contributed by atoms with Crippen molar-refractivity contribution in [3.63, 3.8) is 0 Å². The second-order valence-electron chi connectivity index (χ2n) is 5.82. The minimum Gasteiger partial charge on any atom is -0.493 e. The van der Waals surface area contributed by atoms with Gasteiger partial charge in [0.15, 0.2) is 18.1 Å². The zero-order valence-electron chi connectivity index (χ0n) is 16.9. The number of esters is 1. The molecule has 7 nitrogen and oxygen atoms in total. The average molecular weight is 419 g/mol. The van der Waals surface area contributed by atoms with Gasteiger partial charge in [-0.3, -0.25) is 4.79 Å². The lowest BCUT2D eigenvalue weighted by atomic mass is 10.1. The third-order valence-electron chi connectivity index (χ3n) is 3.96.